The van der Waals surface area contributed by atoms with Crippen LogP contribution < -0.4 is 10.1 Å². The average Bonchev–Trinajstić information content (AvgIpc) is 2.36. The van der Waals surface area contributed by atoms with Gasteiger partial charge in [0.1, 0.15) is 5.75 Å². The molecule has 0 atom stereocenters. The molecule has 4 heteroatoms. The van der Waals surface area contributed by atoms with E-state index in [0.29, 0.717) is 6.42 Å². The molecule has 0 aromatic heterocycles. The number of nitrogens with one attached hydrogen (secondary N) is 1. The minimum atomic E-state index is -0.420. The Morgan fingerprint density at radius 3 is 2.74 bits per heavy atom. The molecule has 1 rings (SSSR count). The number of para-hydroxylation sites is 1. The predicted molar refractivity (Wildman–Crippen MR) is 76.0 cm³/mol. The Morgan fingerprint density at radius 2 is 2.11 bits per heavy atom. The van der Waals surface area contributed by atoms with Gasteiger partial charge in [-0.2, -0.15) is 0 Å². The van der Waals surface area contributed by atoms with Gasteiger partial charge in [0.2, 0.25) is 5.91 Å². The third-order valence-corrected chi connectivity index (χ3v) is 2.75. The zero-order chi connectivity index (χ0) is 14.3. The van der Waals surface area contributed by atoms with Gasteiger partial charge < -0.3 is 15.2 Å². The van der Waals surface area contributed by atoms with Crippen LogP contribution in [0.15, 0.2) is 30.3 Å². The first-order valence-electron chi connectivity index (χ1n) is 6.22. The highest BCUT2D eigenvalue weighted by molar-refractivity contribution is 5.92. The summed E-state index contributed by atoms with van der Waals surface area (Å²) >= 11 is 0. The van der Waals surface area contributed by atoms with Gasteiger partial charge in [-0.15, -0.1) is 0 Å². The molecule has 0 radical (unpaired) electrons. The van der Waals surface area contributed by atoms with Crippen LogP contribution in [-0.2, 0) is 4.79 Å². The second-order valence-corrected chi connectivity index (χ2v) is 4.92. The molecular weight excluding hydrogens is 242 g/mol. The molecule has 1 aromatic carbocycles. The number of methoxy groups -OCH3 is 1. The number of benzene rings is 1. The van der Waals surface area contributed by atoms with Crippen molar-refractivity contribution in [3.05, 3.63) is 35.9 Å². The van der Waals surface area contributed by atoms with Gasteiger partial charge in [-0.05, 0) is 32.4 Å². The summed E-state index contributed by atoms with van der Waals surface area (Å²) in [6.07, 6.45) is 3.70. The molecule has 0 heterocycles. The fourth-order valence-corrected chi connectivity index (χ4v) is 1.69. The normalized spacial score (nSPS) is 11.6. The number of aliphatic hydroxyl groups is 1. The molecule has 0 saturated carbocycles. The van der Waals surface area contributed by atoms with Crippen molar-refractivity contribution in [3.63, 3.8) is 0 Å². The fraction of sp³-hybridized carbons (Fsp3) is 0.400. The van der Waals surface area contributed by atoms with Gasteiger partial charge in [-0.1, -0.05) is 18.2 Å². The topological polar surface area (TPSA) is 58.6 Å². The number of aliphatic hydroxyl groups excluding tert-OH is 1. The zero-order valence-corrected chi connectivity index (χ0v) is 11.6. The Hall–Kier alpha value is -1.81. The first kappa shape index (κ1) is 15.2. The van der Waals surface area contributed by atoms with Crippen LogP contribution in [-0.4, -0.2) is 30.3 Å². The van der Waals surface area contributed by atoms with Crippen molar-refractivity contribution in [2.45, 2.75) is 25.8 Å². The molecule has 0 saturated heterocycles. The predicted octanol–water partition coefficient (Wildman–Crippen LogP) is 1.99. The summed E-state index contributed by atoms with van der Waals surface area (Å²) in [4.78, 5) is 11.8. The van der Waals surface area contributed by atoms with Crippen molar-refractivity contribution in [3.8, 4) is 5.75 Å². The monoisotopic (exact) mass is 263 g/mol. The van der Waals surface area contributed by atoms with Gasteiger partial charge in [-0.25, -0.2) is 0 Å². The lowest BCUT2D eigenvalue weighted by molar-refractivity contribution is -0.118. The molecule has 4 nitrogen and oxygen atoms in total. The molecule has 1 amide bonds. The van der Waals surface area contributed by atoms with E-state index in [-0.39, 0.29) is 12.5 Å². The van der Waals surface area contributed by atoms with E-state index >= 15 is 0 Å². The van der Waals surface area contributed by atoms with E-state index in [0.717, 1.165) is 11.3 Å². The maximum atomic E-state index is 11.8. The quantitative estimate of drug-likeness (QED) is 0.772. The van der Waals surface area contributed by atoms with E-state index in [1.165, 1.54) is 6.08 Å². The maximum Gasteiger partial charge on any atom is 0.244 e. The number of rotatable bonds is 6. The SMILES string of the molecule is COc1ccccc1/C=C/C(=O)NC(C)(C)CCO. The van der Waals surface area contributed by atoms with Gasteiger partial charge >= 0.3 is 0 Å². The molecule has 0 spiro atoms. The second-order valence-electron chi connectivity index (χ2n) is 4.92. The highest BCUT2D eigenvalue weighted by Crippen LogP contribution is 2.18. The number of ether oxygens (including phenoxy) is 1. The highest BCUT2D eigenvalue weighted by atomic mass is 16.5. The lowest BCUT2D eigenvalue weighted by Crippen LogP contribution is -2.43. The number of carbonyl (C=O) groups is 1. The smallest absolute Gasteiger partial charge is 0.244 e. The molecule has 0 aliphatic heterocycles. The van der Waals surface area contributed by atoms with Crippen molar-refractivity contribution < 1.29 is 14.6 Å². The molecule has 0 unspecified atom stereocenters. The summed E-state index contributed by atoms with van der Waals surface area (Å²) in [5.41, 5.74) is 0.428. The average molecular weight is 263 g/mol. The largest absolute Gasteiger partial charge is 0.496 e. The van der Waals surface area contributed by atoms with Crippen molar-refractivity contribution in [2.75, 3.05) is 13.7 Å². The van der Waals surface area contributed by atoms with Crippen molar-refractivity contribution in [1.29, 1.82) is 0 Å². The van der Waals surface area contributed by atoms with Crippen LogP contribution in [0.5, 0.6) is 5.75 Å². The highest BCUT2D eigenvalue weighted by Gasteiger charge is 2.18. The van der Waals surface area contributed by atoms with E-state index in [9.17, 15) is 4.79 Å². The van der Waals surface area contributed by atoms with Crippen LogP contribution in [0, 0.1) is 0 Å². The minimum absolute atomic E-state index is 0.0451. The molecule has 19 heavy (non-hydrogen) atoms. The van der Waals surface area contributed by atoms with Crippen LogP contribution in [0.4, 0.5) is 0 Å². The van der Waals surface area contributed by atoms with Crippen LogP contribution in [0.25, 0.3) is 6.08 Å². The molecule has 0 aliphatic carbocycles. The lowest BCUT2D eigenvalue weighted by Gasteiger charge is -2.24. The summed E-state index contributed by atoms with van der Waals surface area (Å²) in [5, 5.41) is 11.7. The van der Waals surface area contributed by atoms with Crippen molar-refractivity contribution >= 4 is 12.0 Å². The summed E-state index contributed by atoms with van der Waals surface area (Å²) in [6.45, 7) is 3.79. The Bertz CT molecular complexity index is 452. The second kappa shape index (κ2) is 6.95. The lowest BCUT2D eigenvalue weighted by atomic mass is 10.0. The molecular formula is C15H21NO3. The van der Waals surface area contributed by atoms with E-state index in [4.69, 9.17) is 9.84 Å². The van der Waals surface area contributed by atoms with Gasteiger partial charge in [0.25, 0.3) is 0 Å². The Labute approximate surface area is 114 Å². The standard InChI is InChI=1S/C15H21NO3/c1-15(2,10-11-17)16-14(18)9-8-12-6-4-5-7-13(12)19-3/h4-9,17H,10-11H2,1-3H3,(H,16,18)/b9-8+. The molecule has 0 fully saturated rings. The molecule has 0 aliphatic rings. The zero-order valence-electron chi connectivity index (χ0n) is 11.6. The summed E-state index contributed by atoms with van der Waals surface area (Å²) in [5.74, 6) is 0.533. The fourth-order valence-electron chi connectivity index (χ4n) is 1.69. The number of hydrogen-bond acceptors (Lipinski definition) is 3. The van der Waals surface area contributed by atoms with E-state index in [1.807, 2.05) is 38.1 Å². The van der Waals surface area contributed by atoms with Crippen LogP contribution in [0.3, 0.4) is 0 Å². The van der Waals surface area contributed by atoms with Gasteiger partial charge in [0, 0.05) is 23.8 Å². The van der Waals surface area contributed by atoms with E-state index in [1.54, 1.807) is 13.2 Å². The first-order chi connectivity index (χ1) is 8.98. The van der Waals surface area contributed by atoms with Crippen molar-refractivity contribution in [1.82, 2.24) is 5.32 Å². The van der Waals surface area contributed by atoms with E-state index in [2.05, 4.69) is 5.32 Å². The first-order valence-corrected chi connectivity index (χ1v) is 6.22. The summed E-state index contributed by atoms with van der Waals surface area (Å²) < 4.78 is 5.20. The number of carbonyl (C=O) groups excluding carboxylic acids is 1. The number of hydrogen-bond donors (Lipinski definition) is 2. The van der Waals surface area contributed by atoms with Crippen molar-refractivity contribution in [2.24, 2.45) is 0 Å². The third kappa shape index (κ3) is 5.14. The Kier molecular flexibility index (Phi) is 5.57. The molecule has 1 aromatic rings. The van der Waals surface area contributed by atoms with Crippen LogP contribution in [0.1, 0.15) is 25.8 Å². The molecule has 2 N–H and O–H groups in total. The summed E-state index contributed by atoms with van der Waals surface area (Å²) in [7, 11) is 1.59. The van der Waals surface area contributed by atoms with Gasteiger partial charge in [-0.3, -0.25) is 4.79 Å². The van der Waals surface area contributed by atoms with Crippen LogP contribution >= 0.6 is 0 Å². The minimum Gasteiger partial charge on any atom is -0.496 e. The van der Waals surface area contributed by atoms with Crippen LogP contribution in [0.2, 0.25) is 0 Å². The van der Waals surface area contributed by atoms with E-state index < -0.39 is 5.54 Å². The molecule has 0 bridgehead atoms. The van der Waals surface area contributed by atoms with Gasteiger partial charge in [0.05, 0.1) is 7.11 Å². The molecule has 104 valence electrons. The third-order valence-electron chi connectivity index (χ3n) is 2.75. The summed E-state index contributed by atoms with van der Waals surface area (Å²) in [6, 6.07) is 7.48. The number of amides is 1. The maximum absolute atomic E-state index is 11.8. The van der Waals surface area contributed by atoms with Gasteiger partial charge in [0.15, 0.2) is 0 Å². The Morgan fingerprint density at radius 1 is 1.42 bits per heavy atom. The Balaban J connectivity index is 2.68.